The number of hydrogen-bond acceptors (Lipinski definition) is 6. The molecule has 32 heavy (non-hydrogen) atoms. The van der Waals surface area contributed by atoms with Crippen LogP contribution in [-0.2, 0) is 19.6 Å². The van der Waals surface area contributed by atoms with Crippen LogP contribution in [0.4, 0.5) is 11.4 Å². The first-order chi connectivity index (χ1) is 15.2. The number of nitrogens with one attached hydrogen (secondary N) is 2. The van der Waals surface area contributed by atoms with Gasteiger partial charge < -0.3 is 20.1 Å². The topological polar surface area (TPSA) is 114 Å². The molecule has 1 unspecified atom stereocenters. The first kappa shape index (κ1) is 23.6. The molecule has 0 aliphatic carbocycles. The van der Waals surface area contributed by atoms with E-state index in [1.54, 1.807) is 36.4 Å². The highest BCUT2D eigenvalue weighted by Gasteiger charge is 2.35. The third-order valence-corrected chi connectivity index (χ3v) is 7.10. The lowest BCUT2D eigenvalue weighted by Gasteiger charge is -2.31. The van der Waals surface area contributed by atoms with Crippen LogP contribution in [0.3, 0.4) is 0 Å². The number of nitrogens with zero attached hydrogens (tertiary/aromatic N) is 1. The Balaban J connectivity index is 1.73. The zero-order chi connectivity index (χ0) is 23.3. The van der Waals surface area contributed by atoms with Gasteiger partial charge in [-0.15, -0.1) is 0 Å². The van der Waals surface area contributed by atoms with Gasteiger partial charge in [0, 0.05) is 37.5 Å². The van der Waals surface area contributed by atoms with Crippen LogP contribution < -0.4 is 20.1 Å². The summed E-state index contributed by atoms with van der Waals surface area (Å²) in [4.78, 5) is 23.9. The fourth-order valence-corrected chi connectivity index (χ4v) is 5.28. The van der Waals surface area contributed by atoms with E-state index < -0.39 is 15.9 Å². The molecule has 2 N–H and O–H groups in total. The minimum Gasteiger partial charge on any atom is -0.497 e. The minimum atomic E-state index is -3.89. The summed E-state index contributed by atoms with van der Waals surface area (Å²) in [6.07, 6.45) is 1.14. The van der Waals surface area contributed by atoms with Crippen LogP contribution in [0.15, 0.2) is 47.4 Å². The van der Waals surface area contributed by atoms with Crippen molar-refractivity contribution in [1.82, 2.24) is 4.31 Å². The number of benzene rings is 2. The fraction of sp³-hybridized carbons (Fsp3) is 0.364. The molecule has 1 heterocycles. The van der Waals surface area contributed by atoms with Crippen molar-refractivity contribution in [2.24, 2.45) is 5.92 Å². The molecule has 0 spiro atoms. The highest BCUT2D eigenvalue weighted by Crippen LogP contribution is 2.33. The lowest BCUT2D eigenvalue weighted by Crippen LogP contribution is -2.43. The Labute approximate surface area is 187 Å². The van der Waals surface area contributed by atoms with Crippen molar-refractivity contribution in [2.75, 3.05) is 37.9 Å². The number of rotatable bonds is 7. The highest BCUT2D eigenvalue weighted by atomic mass is 32.2. The summed E-state index contributed by atoms with van der Waals surface area (Å²) in [5.74, 6) is -0.312. The van der Waals surface area contributed by atoms with Crippen LogP contribution in [0.25, 0.3) is 0 Å². The van der Waals surface area contributed by atoms with E-state index in [4.69, 9.17) is 9.47 Å². The Morgan fingerprint density at radius 2 is 1.66 bits per heavy atom. The van der Waals surface area contributed by atoms with Crippen molar-refractivity contribution in [2.45, 2.75) is 24.7 Å². The second-order valence-corrected chi connectivity index (χ2v) is 9.37. The standard InChI is InChI=1S/C22H27N3O6S/c1-15(26)23-17-6-8-18(9-7-17)24-22(27)16-5-4-12-25(14-16)32(28,29)21-13-19(30-2)10-11-20(21)31-3/h6-11,13,16H,4-5,12,14H2,1-3H3,(H,23,26)(H,24,27). The molecule has 0 radical (unpaired) electrons. The summed E-state index contributed by atoms with van der Waals surface area (Å²) >= 11 is 0. The van der Waals surface area contributed by atoms with Crippen LogP contribution in [0, 0.1) is 5.92 Å². The van der Waals surface area contributed by atoms with Gasteiger partial charge in [-0.05, 0) is 49.2 Å². The average Bonchev–Trinajstić information content (AvgIpc) is 2.79. The molecule has 2 amide bonds. The number of methoxy groups -OCH3 is 2. The van der Waals surface area contributed by atoms with E-state index >= 15 is 0 Å². The van der Waals surface area contributed by atoms with Crippen molar-refractivity contribution in [3.63, 3.8) is 0 Å². The number of anilines is 2. The number of ether oxygens (including phenoxy) is 2. The molecule has 1 aliphatic heterocycles. The number of carbonyl (C=O) groups is 2. The van der Waals surface area contributed by atoms with E-state index in [0.717, 1.165) is 0 Å². The van der Waals surface area contributed by atoms with Gasteiger partial charge in [-0.3, -0.25) is 9.59 Å². The normalized spacial score (nSPS) is 16.8. The third-order valence-electron chi connectivity index (χ3n) is 5.22. The largest absolute Gasteiger partial charge is 0.497 e. The quantitative estimate of drug-likeness (QED) is 0.655. The van der Waals surface area contributed by atoms with Crippen molar-refractivity contribution in [3.05, 3.63) is 42.5 Å². The predicted molar refractivity (Wildman–Crippen MR) is 120 cm³/mol. The maximum absolute atomic E-state index is 13.3. The first-order valence-electron chi connectivity index (χ1n) is 10.2. The van der Waals surface area contributed by atoms with Crippen molar-refractivity contribution in [3.8, 4) is 11.5 Å². The lowest BCUT2D eigenvalue weighted by atomic mass is 9.98. The number of hydrogen-bond donors (Lipinski definition) is 2. The SMILES string of the molecule is COc1ccc(OC)c(S(=O)(=O)N2CCCC(C(=O)Nc3ccc(NC(C)=O)cc3)C2)c1. The maximum atomic E-state index is 13.3. The van der Waals surface area contributed by atoms with E-state index in [-0.39, 0.29) is 29.0 Å². The molecule has 0 saturated carbocycles. The zero-order valence-corrected chi connectivity index (χ0v) is 19.1. The summed E-state index contributed by atoms with van der Waals surface area (Å²) in [7, 11) is -1.02. The van der Waals surface area contributed by atoms with Gasteiger partial charge in [0.2, 0.25) is 21.8 Å². The smallest absolute Gasteiger partial charge is 0.246 e. The number of sulfonamides is 1. The van der Waals surface area contributed by atoms with Crippen molar-refractivity contribution < 1.29 is 27.5 Å². The zero-order valence-electron chi connectivity index (χ0n) is 18.3. The third kappa shape index (κ3) is 5.38. The van der Waals surface area contributed by atoms with Crippen LogP contribution >= 0.6 is 0 Å². The Kier molecular flexibility index (Phi) is 7.37. The van der Waals surface area contributed by atoms with Gasteiger partial charge in [0.25, 0.3) is 0 Å². The monoisotopic (exact) mass is 461 g/mol. The number of amides is 2. The Hall–Kier alpha value is -3.11. The molecule has 1 aliphatic rings. The van der Waals surface area contributed by atoms with Gasteiger partial charge in [-0.2, -0.15) is 4.31 Å². The van der Waals surface area contributed by atoms with Gasteiger partial charge in [0.15, 0.2) is 0 Å². The molecule has 0 bridgehead atoms. The molecule has 2 aromatic carbocycles. The summed E-state index contributed by atoms with van der Waals surface area (Å²) in [5.41, 5.74) is 1.19. The van der Waals surface area contributed by atoms with E-state index in [9.17, 15) is 18.0 Å². The summed E-state index contributed by atoms with van der Waals surface area (Å²) in [6.45, 7) is 1.80. The fourth-order valence-electron chi connectivity index (χ4n) is 3.58. The van der Waals surface area contributed by atoms with Gasteiger partial charge in [0.05, 0.1) is 20.1 Å². The molecule has 10 heteroatoms. The second kappa shape index (κ2) is 10.0. The summed E-state index contributed by atoms with van der Waals surface area (Å²) < 4.78 is 38.3. The van der Waals surface area contributed by atoms with Crippen LogP contribution in [-0.4, -0.2) is 51.8 Å². The lowest BCUT2D eigenvalue weighted by molar-refractivity contribution is -0.121. The minimum absolute atomic E-state index is 0.00830. The maximum Gasteiger partial charge on any atom is 0.246 e. The van der Waals surface area contributed by atoms with Gasteiger partial charge >= 0.3 is 0 Å². The van der Waals surface area contributed by atoms with Gasteiger partial charge in [-0.1, -0.05) is 0 Å². The molecule has 0 aromatic heterocycles. The Morgan fingerprint density at radius 3 is 2.25 bits per heavy atom. The van der Waals surface area contributed by atoms with Gasteiger partial charge in [-0.25, -0.2) is 8.42 Å². The van der Waals surface area contributed by atoms with Crippen LogP contribution in [0.5, 0.6) is 11.5 Å². The van der Waals surface area contributed by atoms with E-state index in [0.29, 0.717) is 36.5 Å². The number of carbonyl (C=O) groups excluding carboxylic acids is 2. The summed E-state index contributed by atoms with van der Waals surface area (Å²) in [5, 5.41) is 5.49. The second-order valence-electron chi connectivity index (χ2n) is 7.47. The molecule has 1 saturated heterocycles. The van der Waals surface area contributed by atoms with E-state index in [1.807, 2.05) is 0 Å². The van der Waals surface area contributed by atoms with Crippen LogP contribution in [0.2, 0.25) is 0 Å². The summed E-state index contributed by atoms with van der Waals surface area (Å²) in [6, 6.07) is 11.3. The molecule has 1 atom stereocenters. The molecule has 1 fully saturated rings. The average molecular weight is 462 g/mol. The van der Waals surface area contributed by atoms with E-state index in [2.05, 4.69) is 10.6 Å². The predicted octanol–water partition coefficient (Wildman–Crippen LogP) is 2.70. The van der Waals surface area contributed by atoms with Crippen LogP contribution in [0.1, 0.15) is 19.8 Å². The molecular formula is C22H27N3O6S. The Morgan fingerprint density at radius 1 is 1.00 bits per heavy atom. The molecule has 172 valence electrons. The Bertz CT molecular complexity index is 1090. The van der Waals surface area contributed by atoms with Crippen molar-refractivity contribution >= 4 is 33.2 Å². The first-order valence-corrected chi connectivity index (χ1v) is 11.6. The van der Waals surface area contributed by atoms with Crippen molar-refractivity contribution in [1.29, 1.82) is 0 Å². The van der Waals surface area contributed by atoms with E-state index in [1.165, 1.54) is 31.5 Å². The highest BCUT2D eigenvalue weighted by molar-refractivity contribution is 7.89. The molecular weight excluding hydrogens is 434 g/mol. The molecule has 3 rings (SSSR count). The van der Waals surface area contributed by atoms with Gasteiger partial charge in [0.1, 0.15) is 16.4 Å². The molecule has 9 nitrogen and oxygen atoms in total. The number of piperidine rings is 1. The molecule has 2 aromatic rings.